The summed E-state index contributed by atoms with van der Waals surface area (Å²) in [5, 5.41) is 3.54. The Morgan fingerprint density at radius 2 is 2.27 bits per heavy atom. The molecule has 0 aromatic heterocycles. The van der Waals surface area contributed by atoms with Crippen molar-refractivity contribution in [3.63, 3.8) is 0 Å². The predicted molar refractivity (Wildman–Crippen MR) is 65.1 cm³/mol. The molecule has 1 fully saturated rings. The molecule has 2 unspecified atom stereocenters. The van der Waals surface area contributed by atoms with Crippen LogP contribution in [0.25, 0.3) is 0 Å². The standard InChI is InChI=1S/C13H27NO/c1-3-6-12(2)11-14-9-8-13-7-4-5-10-15-13/h12-14H,3-11H2,1-2H3. The van der Waals surface area contributed by atoms with Crippen LogP contribution in [-0.4, -0.2) is 25.8 Å². The van der Waals surface area contributed by atoms with E-state index in [-0.39, 0.29) is 0 Å². The monoisotopic (exact) mass is 213 g/mol. The average molecular weight is 213 g/mol. The topological polar surface area (TPSA) is 21.3 Å². The van der Waals surface area contributed by atoms with Crippen LogP contribution in [0.5, 0.6) is 0 Å². The molecule has 1 N–H and O–H groups in total. The molecule has 0 saturated carbocycles. The fourth-order valence-corrected chi connectivity index (χ4v) is 2.24. The van der Waals surface area contributed by atoms with Crippen LogP contribution >= 0.6 is 0 Å². The van der Waals surface area contributed by atoms with Crippen LogP contribution in [0, 0.1) is 5.92 Å². The Bertz CT molecular complexity index is 143. The third-order valence-electron chi connectivity index (χ3n) is 3.19. The molecule has 2 atom stereocenters. The molecule has 0 amide bonds. The highest BCUT2D eigenvalue weighted by atomic mass is 16.5. The Morgan fingerprint density at radius 3 is 2.93 bits per heavy atom. The van der Waals surface area contributed by atoms with Gasteiger partial charge in [-0.3, -0.25) is 0 Å². The van der Waals surface area contributed by atoms with Crippen molar-refractivity contribution in [2.24, 2.45) is 5.92 Å². The minimum absolute atomic E-state index is 0.535. The lowest BCUT2D eigenvalue weighted by molar-refractivity contribution is 0.0115. The summed E-state index contributed by atoms with van der Waals surface area (Å²) in [5.41, 5.74) is 0. The van der Waals surface area contributed by atoms with Gasteiger partial charge in [-0.05, 0) is 51.1 Å². The van der Waals surface area contributed by atoms with Crippen LogP contribution in [0.4, 0.5) is 0 Å². The van der Waals surface area contributed by atoms with E-state index in [4.69, 9.17) is 4.74 Å². The highest BCUT2D eigenvalue weighted by Crippen LogP contribution is 2.14. The van der Waals surface area contributed by atoms with Crippen molar-refractivity contribution in [3.8, 4) is 0 Å². The summed E-state index contributed by atoms with van der Waals surface area (Å²) in [5.74, 6) is 0.822. The number of hydrogen-bond donors (Lipinski definition) is 1. The predicted octanol–water partition coefficient (Wildman–Crippen LogP) is 2.97. The minimum Gasteiger partial charge on any atom is -0.378 e. The molecule has 0 aromatic carbocycles. The van der Waals surface area contributed by atoms with E-state index < -0.39 is 0 Å². The Hall–Kier alpha value is -0.0800. The summed E-state index contributed by atoms with van der Waals surface area (Å²) >= 11 is 0. The molecule has 0 aromatic rings. The van der Waals surface area contributed by atoms with Crippen molar-refractivity contribution in [2.75, 3.05) is 19.7 Å². The Kier molecular flexibility index (Phi) is 7.03. The van der Waals surface area contributed by atoms with E-state index in [0.29, 0.717) is 6.10 Å². The molecule has 0 radical (unpaired) electrons. The van der Waals surface area contributed by atoms with E-state index in [9.17, 15) is 0 Å². The number of ether oxygens (including phenoxy) is 1. The second kappa shape index (κ2) is 8.12. The van der Waals surface area contributed by atoms with Gasteiger partial charge in [-0.25, -0.2) is 0 Å². The van der Waals surface area contributed by atoms with Gasteiger partial charge in [-0.2, -0.15) is 0 Å². The highest BCUT2D eigenvalue weighted by molar-refractivity contribution is 4.65. The van der Waals surface area contributed by atoms with Gasteiger partial charge in [-0.1, -0.05) is 20.3 Å². The molecule has 0 spiro atoms. The SMILES string of the molecule is CCCC(C)CNCCC1CCCCO1. The summed E-state index contributed by atoms with van der Waals surface area (Å²) < 4.78 is 5.69. The van der Waals surface area contributed by atoms with Gasteiger partial charge < -0.3 is 10.1 Å². The van der Waals surface area contributed by atoms with Gasteiger partial charge in [-0.15, -0.1) is 0 Å². The maximum atomic E-state index is 5.69. The quantitative estimate of drug-likeness (QED) is 0.656. The summed E-state index contributed by atoms with van der Waals surface area (Å²) in [6, 6.07) is 0. The molecule has 0 bridgehead atoms. The van der Waals surface area contributed by atoms with E-state index in [0.717, 1.165) is 19.1 Å². The van der Waals surface area contributed by atoms with Crippen molar-refractivity contribution in [1.82, 2.24) is 5.32 Å². The number of nitrogens with one attached hydrogen (secondary N) is 1. The lowest BCUT2D eigenvalue weighted by Gasteiger charge is -2.22. The van der Waals surface area contributed by atoms with Crippen LogP contribution < -0.4 is 5.32 Å². The van der Waals surface area contributed by atoms with Gasteiger partial charge in [0.15, 0.2) is 0 Å². The zero-order valence-corrected chi connectivity index (χ0v) is 10.4. The Labute approximate surface area is 94.8 Å². The summed E-state index contributed by atoms with van der Waals surface area (Å²) in [6.07, 6.45) is 8.26. The van der Waals surface area contributed by atoms with Gasteiger partial charge >= 0.3 is 0 Å². The van der Waals surface area contributed by atoms with Gasteiger partial charge in [0.05, 0.1) is 6.10 Å². The molecule has 90 valence electrons. The molecule has 2 heteroatoms. The smallest absolute Gasteiger partial charge is 0.0587 e. The van der Waals surface area contributed by atoms with Crippen molar-refractivity contribution >= 4 is 0 Å². The van der Waals surface area contributed by atoms with Gasteiger partial charge in [0.25, 0.3) is 0 Å². The first-order valence-corrected chi connectivity index (χ1v) is 6.65. The van der Waals surface area contributed by atoms with Crippen LogP contribution in [-0.2, 0) is 4.74 Å². The Balaban J connectivity index is 1.91. The minimum atomic E-state index is 0.535. The van der Waals surface area contributed by atoms with E-state index in [2.05, 4.69) is 19.2 Å². The molecular weight excluding hydrogens is 186 g/mol. The lowest BCUT2D eigenvalue weighted by Crippen LogP contribution is -2.27. The third-order valence-corrected chi connectivity index (χ3v) is 3.19. The van der Waals surface area contributed by atoms with Crippen LogP contribution in [0.2, 0.25) is 0 Å². The maximum Gasteiger partial charge on any atom is 0.0587 e. The number of rotatable bonds is 7. The molecule has 0 aliphatic carbocycles. The van der Waals surface area contributed by atoms with Gasteiger partial charge in [0.2, 0.25) is 0 Å². The molecule has 1 saturated heterocycles. The lowest BCUT2D eigenvalue weighted by atomic mass is 10.1. The van der Waals surface area contributed by atoms with E-state index >= 15 is 0 Å². The van der Waals surface area contributed by atoms with Crippen molar-refractivity contribution in [1.29, 1.82) is 0 Å². The zero-order chi connectivity index (χ0) is 10.9. The van der Waals surface area contributed by atoms with Gasteiger partial charge in [0, 0.05) is 6.61 Å². The Morgan fingerprint density at radius 1 is 1.40 bits per heavy atom. The molecule has 2 nitrogen and oxygen atoms in total. The van der Waals surface area contributed by atoms with Crippen molar-refractivity contribution in [3.05, 3.63) is 0 Å². The van der Waals surface area contributed by atoms with Crippen molar-refractivity contribution < 1.29 is 4.74 Å². The van der Waals surface area contributed by atoms with E-state index in [1.807, 2.05) is 0 Å². The molecule has 15 heavy (non-hydrogen) atoms. The van der Waals surface area contributed by atoms with Crippen LogP contribution in [0.15, 0.2) is 0 Å². The second-order valence-electron chi connectivity index (χ2n) is 4.88. The first kappa shape index (κ1) is 13.0. The third kappa shape index (κ3) is 6.16. The zero-order valence-electron chi connectivity index (χ0n) is 10.4. The fraction of sp³-hybridized carbons (Fsp3) is 1.00. The molecule has 1 rings (SSSR count). The molecule has 1 aliphatic heterocycles. The van der Waals surface area contributed by atoms with E-state index in [1.165, 1.54) is 45.1 Å². The summed E-state index contributed by atoms with van der Waals surface area (Å²) in [6.45, 7) is 7.86. The van der Waals surface area contributed by atoms with Crippen LogP contribution in [0.1, 0.15) is 52.4 Å². The maximum absolute atomic E-state index is 5.69. The molecule has 1 aliphatic rings. The van der Waals surface area contributed by atoms with E-state index in [1.54, 1.807) is 0 Å². The normalized spacial score (nSPS) is 24.0. The largest absolute Gasteiger partial charge is 0.378 e. The molecular formula is C13H27NO. The highest BCUT2D eigenvalue weighted by Gasteiger charge is 2.12. The second-order valence-corrected chi connectivity index (χ2v) is 4.88. The number of hydrogen-bond acceptors (Lipinski definition) is 2. The first-order chi connectivity index (χ1) is 7.33. The molecule has 1 heterocycles. The average Bonchev–Trinajstić information content (AvgIpc) is 2.26. The summed E-state index contributed by atoms with van der Waals surface area (Å²) in [7, 11) is 0. The van der Waals surface area contributed by atoms with Crippen LogP contribution in [0.3, 0.4) is 0 Å². The van der Waals surface area contributed by atoms with Crippen molar-refractivity contribution in [2.45, 2.75) is 58.5 Å². The van der Waals surface area contributed by atoms with Gasteiger partial charge in [0.1, 0.15) is 0 Å². The first-order valence-electron chi connectivity index (χ1n) is 6.65. The fourth-order valence-electron chi connectivity index (χ4n) is 2.24. The summed E-state index contributed by atoms with van der Waals surface area (Å²) in [4.78, 5) is 0.